The highest BCUT2D eigenvalue weighted by Crippen LogP contribution is 2.31. The number of nitrogens with zero attached hydrogens (tertiary/aromatic N) is 2. The van der Waals surface area contributed by atoms with Crippen LogP contribution < -0.4 is 0 Å². The first-order valence-corrected chi connectivity index (χ1v) is 6.05. The predicted octanol–water partition coefficient (Wildman–Crippen LogP) is 3.74. The van der Waals surface area contributed by atoms with Crippen molar-refractivity contribution in [3.05, 3.63) is 47.2 Å². The fourth-order valence-electron chi connectivity index (χ4n) is 2.10. The van der Waals surface area contributed by atoms with E-state index in [1.165, 1.54) is 18.2 Å². The third-order valence-corrected chi connectivity index (χ3v) is 3.28. The van der Waals surface area contributed by atoms with E-state index >= 15 is 0 Å². The Morgan fingerprint density at radius 2 is 2.00 bits per heavy atom. The van der Waals surface area contributed by atoms with Gasteiger partial charge >= 0.3 is 0 Å². The Hall–Kier alpha value is -2.07. The summed E-state index contributed by atoms with van der Waals surface area (Å²) >= 11 is 5.92. The monoisotopic (exact) mass is 276 g/mol. The maximum Gasteiger partial charge on any atom is 0.144 e. The van der Waals surface area contributed by atoms with Crippen molar-refractivity contribution in [3.8, 4) is 17.1 Å². The van der Waals surface area contributed by atoms with Gasteiger partial charge in [-0.15, -0.1) is 0 Å². The van der Waals surface area contributed by atoms with E-state index in [1.54, 1.807) is 16.7 Å². The van der Waals surface area contributed by atoms with Crippen molar-refractivity contribution in [1.29, 1.82) is 0 Å². The number of aromatic nitrogens is 2. The average molecular weight is 277 g/mol. The number of benzene rings is 2. The van der Waals surface area contributed by atoms with Gasteiger partial charge in [0.05, 0.1) is 16.6 Å². The number of fused-ring (bicyclic) bond motifs is 1. The SMILES string of the molecule is Cn1c(-c2cc(F)ccc2O)nc2cc(Cl)ccc21. The Balaban J connectivity index is 2.30. The lowest BCUT2D eigenvalue weighted by Crippen LogP contribution is -1.93. The number of rotatable bonds is 1. The number of halogens is 2. The van der Waals surface area contributed by atoms with Crippen LogP contribution in [0.5, 0.6) is 5.75 Å². The Morgan fingerprint density at radius 3 is 2.79 bits per heavy atom. The first kappa shape index (κ1) is 12.0. The fraction of sp³-hybridized carbons (Fsp3) is 0.0714. The van der Waals surface area contributed by atoms with Crippen molar-refractivity contribution >= 4 is 22.6 Å². The normalized spacial score (nSPS) is 11.1. The van der Waals surface area contributed by atoms with E-state index < -0.39 is 5.82 Å². The summed E-state index contributed by atoms with van der Waals surface area (Å²) in [6.07, 6.45) is 0. The van der Waals surface area contributed by atoms with Gasteiger partial charge in [-0.3, -0.25) is 0 Å². The first-order valence-electron chi connectivity index (χ1n) is 5.67. The van der Waals surface area contributed by atoms with Crippen molar-refractivity contribution in [2.24, 2.45) is 7.05 Å². The molecule has 0 amide bonds. The molecule has 0 aliphatic carbocycles. The number of phenols is 1. The van der Waals surface area contributed by atoms with Gasteiger partial charge in [-0.25, -0.2) is 9.37 Å². The summed E-state index contributed by atoms with van der Waals surface area (Å²) in [5.74, 6) is 0.0676. The van der Waals surface area contributed by atoms with Crippen molar-refractivity contribution in [2.75, 3.05) is 0 Å². The molecule has 0 saturated heterocycles. The van der Waals surface area contributed by atoms with Gasteiger partial charge in [0.1, 0.15) is 17.4 Å². The Labute approximate surface area is 113 Å². The summed E-state index contributed by atoms with van der Waals surface area (Å²) in [7, 11) is 1.81. The molecule has 0 bridgehead atoms. The molecule has 0 aliphatic heterocycles. The third kappa shape index (κ3) is 1.94. The second kappa shape index (κ2) is 4.24. The van der Waals surface area contributed by atoms with Gasteiger partial charge in [-0.2, -0.15) is 0 Å². The van der Waals surface area contributed by atoms with Crippen LogP contribution in [0.15, 0.2) is 36.4 Å². The summed E-state index contributed by atoms with van der Waals surface area (Å²) in [5, 5.41) is 10.4. The molecule has 0 radical (unpaired) electrons. The maximum absolute atomic E-state index is 13.3. The van der Waals surface area contributed by atoms with Crippen LogP contribution in [-0.4, -0.2) is 14.7 Å². The predicted molar refractivity (Wildman–Crippen MR) is 72.8 cm³/mol. The Morgan fingerprint density at radius 1 is 1.21 bits per heavy atom. The van der Waals surface area contributed by atoms with Gasteiger partial charge in [0, 0.05) is 12.1 Å². The van der Waals surface area contributed by atoms with Crippen LogP contribution in [0.1, 0.15) is 0 Å². The molecule has 2 aromatic carbocycles. The van der Waals surface area contributed by atoms with E-state index in [0.29, 0.717) is 21.9 Å². The molecule has 3 rings (SSSR count). The largest absolute Gasteiger partial charge is 0.507 e. The lowest BCUT2D eigenvalue weighted by Gasteiger charge is -2.05. The van der Waals surface area contributed by atoms with Crippen molar-refractivity contribution in [3.63, 3.8) is 0 Å². The minimum absolute atomic E-state index is 0.00842. The van der Waals surface area contributed by atoms with E-state index in [1.807, 2.05) is 13.1 Å². The number of aromatic hydroxyl groups is 1. The molecule has 96 valence electrons. The molecule has 0 saturated carbocycles. The van der Waals surface area contributed by atoms with Gasteiger partial charge in [-0.1, -0.05) is 11.6 Å². The van der Waals surface area contributed by atoms with Gasteiger partial charge in [-0.05, 0) is 36.4 Å². The van der Waals surface area contributed by atoms with Crippen LogP contribution >= 0.6 is 11.6 Å². The first-order chi connectivity index (χ1) is 9.06. The number of imidazole rings is 1. The van der Waals surface area contributed by atoms with E-state index in [4.69, 9.17) is 11.6 Å². The van der Waals surface area contributed by atoms with Crippen LogP contribution in [0.3, 0.4) is 0 Å². The second-order valence-corrected chi connectivity index (χ2v) is 4.73. The highest BCUT2D eigenvalue weighted by Gasteiger charge is 2.14. The van der Waals surface area contributed by atoms with Crippen molar-refractivity contribution < 1.29 is 9.50 Å². The van der Waals surface area contributed by atoms with Gasteiger partial charge in [0.25, 0.3) is 0 Å². The molecular weight excluding hydrogens is 267 g/mol. The zero-order valence-electron chi connectivity index (χ0n) is 10.1. The smallest absolute Gasteiger partial charge is 0.144 e. The molecule has 19 heavy (non-hydrogen) atoms. The topological polar surface area (TPSA) is 38.0 Å². The van der Waals surface area contributed by atoms with E-state index in [9.17, 15) is 9.50 Å². The Bertz CT molecular complexity index is 782. The van der Waals surface area contributed by atoms with Crippen LogP contribution in [0.25, 0.3) is 22.4 Å². The quantitative estimate of drug-likeness (QED) is 0.735. The summed E-state index contributed by atoms with van der Waals surface area (Å²) in [4.78, 5) is 4.40. The minimum atomic E-state index is -0.419. The van der Waals surface area contributed by atoms with Crippen LogP contribution in [0, 0.1) is 5.82 Å². The van der Waals surface area contributed by atoms with E-state index in [-0.39, 0.29) is 5.75 Å². The van der Waals surface area contributed by atoms with Crippen LogP contribution in [-0.2, 0) is 7.05 Å². The average Bonchev–Trinajstić information content (AvgIpc) is 2.69. The van der Waals surface area contributed by atoms with Crippen molar-refractivity contribution in [1.82, 2.24) is 9.55 Å². The van der Waals surface area contributed by atoms with Gasteiger partial charge in [0.2, 0.25) is 0 Å². The zero-order valence-corrected chi connectivity index (χ0v) is 10.8. The third-order valence-electron chi connectivity index (χ3n) is 3.04. The number of hydrogen-bond acceptors (Lipinski definition) is 2. The highest BCUT2D eigenvalue weighted by molar-refractivity contribution is 6.31. The number of phenolic OH excluding ortho intramolecular Hbond substituents is 1. The Kier molecular flexibility index (Phi) is 2.68. The van der Waals surface area contributed by atoms with Crippen LogP contribution in [0.4, 0.5) is 4.39 Å². The molecule has 1 aromatic heterocycles. The number of hydrogen-bond donors (Lipinski definition) is 1. The molecule has 5 heteroatoms. The summed E-state index contributed by atoms with van der Waals surface area (Å²) in [6.45, 7) is 0. The van der Waals surface area contributed by atoms with Gasteiger partial charge < -0.3 is 9.67 Å². The van der Waals surface area contributed by atoms with E-state index in [2.05, 4.69) is 4.98 Å². The second-order valence-electron chi connectivity index (χ2n) is 4.29. The molecule has 3 aromatic rings. The molecule has 0 aliphatic rings. The molecular formula is C14H10ClFN2O. The van der Waals surface area contributed by atoms with E-state index in [0.717, 1.165) is 5.52 Å². The maximum atomic E-state index is 13.3. The van der Waals surface area contributed by atoms with Crippen molar-refractivity contribution in [2.45, 2.75) is 0 Å². The molecule has 1 heterocycles. The molecule has 3 nitrogen and oxygen atoms in total. The molecule has 0 fully saturated rings. The summed E-state index contributed by atoms with van der Waals surface area (Å²) in [5.41, 5.74) is 1.92. The minimum Gasteiger partial charge on any atom is -0.507 e. The van der Waals surface area contributed by atoms with Crippen LogP contribution in [0.2, 0.25) is 5.02 Å². The molecule has 1 N–H and O–H groups in total. The molecule has 0 unspecified atom stereocenters. The fourth-order valence-corrected chi connectivity index (χ4v) is 2.27. The molecule has 0 spiro atoms. The summed E-state index contributed by atoms with van der Waals surface area (Å²) in [6, 6.07) is 9.12. The summed E-state index contributed by atoms with van der Waals surface area (Å²) < 4.78 is 15.1. The van der Waals surface area contributed by atoms with Gasteiger partial charge in [0.15, 0.2) is 0 Å². The standard InChI is InChI=1S/C14H10ClFN2O/c1-18-12-4-2-8(15)6-11(12)17-14(18)10-7-9(16)3-5-13(10)19/h2-7,19H,1H3. The zero-order chi connectivity index (χ0) is 13.6. The molecule has 0 atom stereocenters. The lowest BCUT2D eigenvalue weighted by molar-refractivity contribution is 0.474. The highest BCUT2D eigenvalue weighted by atomic mass is 35.5. The lowest BCUT2D eigenvalue weighted by atomic mass is 10.2. The number of aryl methyl sites for hydroxylation is 1.